The second-order valence-electron chi connectivity index (χ2n) is 7.37. The lowest BCUT2D eigenvalue weighted by Gasteiger charge is -2.34. The lowest BCUT2D eigenvalue weighted by molar-refractivity contribution is -0.137. The standard InChI is InChI=1S/C20H31F3N2S/c1-24(10-5-13-26-2)15-18-7-4-11-25(16-18)12-9-17-6-3-8-19(14-17)20(21,22)23/h3,6,8,14,18H,4-5,7,9-13,15-16H2,1-2H3. The fourth-order valence-electron chi connectivity index (χ4n) is 3.70. The smallest absolute Gasteiger partial charge is 0.306 e. The van der Waals surface area contributed by atoms with Gasteiger partial charge in [0.2, 0.25) is 0 Å². The SMILES string of the molecule is CSCCCN(C)CC1CCCN(CCc2cccc(C(F)(F)F)c2)C1. The van der Waals surface area contributed by atoms with Gasteiger partial charge in [0, 0.05) is 19.6 Å². The lowest BCUT2D eigenvalue weighted by atomic mass is 9.97. The van der Waals surface area contributed by atoms with Crippen LogP contribution in [0.25, 0.3) is 0 Å². The zero-order valence-corrected chi connectivity index (χ0v) is 16.7. The van der Waals surface area contributed by atoms with Crippen molar-refractivity contribution in [2.24, 2.45) is 5.92 Å². The van der Waals surface area contributed by atoms with Gasteiger partial charge in [-0.05, 0) is 75.4 Å². The van der Waals surface area contributed by atoms with E-state index in [2.05, 4.69) is 23.1 Å². The third-order valence-corrected chi connectivity index (χ3v) is 5.73. The maximum atomic E-state index is 12.8. The number of thioether (sulfide) groups is 1. The Bertz CT molecular complexity index is 536. The molecule has 1 saturated heterocycles. The Balaban J connectivity index is 1.78. The normalized spacial score (nSPS) is 19.2. The van der Waals surface area contributed by atoms with Gasteiger partial charge in [0.05, 0.1) is 5.56 Å². The predicted molar refractivity (Wildman–Crippen MR) is 105 cm³/mol. The second-order valence-corrected chi connectivity index (χ2v) is 8.35. The van der Waals surface area contributed by atoms with Crippen LogP contribution in [0.4, 0.5) is 13.2 Å². The molecule has 1 aliphatic heterocycles. The Kier molecular flexibility index (Phi) is 8.77. The Hall–Kier alpha value is -0.720. The number of hydrogen-bond acceptors (Lipinski definition) is 3. The summed E-state index contributed by atoms with van der Waals surface area (Å²) in [5.41, 5.74) is 0.231. The highest BCUT2D eigenvalue weighted by atomic mass is 32.2. The minimum atomic E-state index is -4.26. The summed E-state index contributed by atoms with van der Waals surface area (Å²) in [5, 5.41) is 0. The molecule has 0 aliphatic carbocycles. The summed E-state index contributed by atoms with van der Waals surface area (Å²) in [5.74, 6) is 1.88. The molecule has 0 spiro atoms. The van der Waals surface area contributed by atoms with Crippen LogP contribution in [0.5, 0.6) is 0 Å². The van der Waals surface area contributed by atoms with E-state index in [0.29, 0.717) is 12.3 Å². The van der Waals surface area contributed by atoms with E-state index in [1.807, 2.05) is 11.8 Å². The third-order valence-electron chi connectivity index (χ3n) is 5.03. The molecule has 26 heavy (non-hydrogen) atoms. The molecular weight excluding hydrogens is 357 g/mol. The van der Waals surface area contributed by atoms with Crippen molar-refractivity contribution >= 4 is 11.8 Å². The fourth-order valence-corrected chi connectivity index (χ4v) is 4.12. The van der Waals surface area contributed by atoms with Gasteiger partial charge >= 0.3 is 6.18 Å². The van der Waals surface area contributed by atoms with Gasteiger partial charge in [-0.25, -0.2) is 0 Å². The summed E-state index contributed by atoms with van der Waals surface area (Å²) in [4.78, 5) is 4.85. The first kappa shape index (κ1) is 21.6. The van der Waals surface area contributed by atoms with Crippen LogP contribution in [0.3, 0.4) is 0 Å². The number of halogens is 3. The van der Waals surface area contributed by atoms with Gasteiger partial charge in [-0.2, -0.15) is 24.9 Å². The number of likely N-dealkylation sites (tertiary alicyclic amines) is 1. The molecule has 1 aliphatic rings. The van der Waals surface area contributed by atoms with Crippen LogP contribution in [0.2, 0.25) is 0 Å². The topological polar surface area (TPSA) is 6.48 Å². The molecule has 148 valence electrons. The van der Waals surface area contributed by atoms with Crippen molar-refractivity contribution < 1.29 is 13.2 Å². The Morgan fingerprint density at radius 2 is 2.12 bits per heavy atom. The predicted octanol–water partition coefficient (Wildman–Crippen LogP) is 4.64. The number of benzene rings is 1. The van der Waals surface area contributed by atoms with Crippen LogP contribution in [0, 0.1) is 5.92 Å². The first-order valence-electron chi connectivity index (χ1n) is 9.44. The van der Waals surface area contributed by atoms with Crippen LogP contribution >= 0.6 is 11.8 Å². The highest BCUT2D eigenvalue weighted by molar-refractivity contribution is 7.98. The number of alkyl halides is 3. The van der Waals surface area contributed by atoms with Crippen LogP contribution < -0.4 is 0 Å². The van der Waals surface area contributed by atoms with Crippen molar-refractivity contribution in [3.63, 3.8) is 0 Å². The highest BCUT2D eigenvalue weighted by Gasteiger charge is 2.30. The zero-order valence-electron chi connectivity index (χ0n) is 15.9. The summed E-state index contributed by atoms with van der Waals surface area (Å²) >= 11 is 1.89. The summed E-state index contributed by atoms with van der Waals surface area (Å²) in [6.07, 6.45) is 2.24. The lowest BCUT2D eigenvalue weighted by Crippen LogP contribution is -2.41. The maximum absolute atomic E-state index is 12.8. The van der Waals surface area contributed by atoms with Gasteiger partial charge in [0.25, 0.3) is 0 Å². The Morgan fingerprint density at radius 3 is 2.85 bits per heavy atom. The highest BCUT2D eigenvalue weighted by Crippen LogP contribution is 2.29. The fraction of sp³-hybridized carbons (Fsp3) is 0.700. The number of rotatable bonds is 9. The molecule has 0 radical (unpaired) electrons. The van der Waals surface area contributed by atoms with Crippen molar-refractivity contribution in [1.29, 1.82) is 0 Å². The first-order valence-corrected chi connectivity index (χ1v) is 10.8. The summed E-state index contributed by atoms with van der Waals surface area (Å²) < 4.78 is 38.5. The molecule has 1 heterocycles. The summed E-state index contributed by atoms with van der Waals surface area (Å²) in [7, 11) is 2.20. The maximum Gasteiger partial charge on any atom is 0.416 e. The molecule has 0 aromatic heterocycles. The number of hydrogen-bond donors (Lipinski definition) is 0. The van der Waals surface area contributed by atoms with Gasteiger partial charge < -0.3 is 9.80 Å². The molecule has 2 rings (SSSR count). The molecule has 1 unspecified atom stereocenters. The summed E-state index contributed by atoms with van der Waals surface area (Å²) in [6, 6.07) is 5.76. The summed E-state index contributed by atoms with van der Waals surface area (Å²) in [6.45, 7) is 5.22. The van der Waals surface area contributed by atoms with Crippen LogP contribution in [-0.4, -0.2) is 61.6 Å². The van der Waals surface area contributed by atoms with Crippen molar-refractivity contribution in [3.05, 3.63) is 35.4 Å². The van der Waals surface area contributed by atoms with Crippen LogP contribution in [0.15, 0.2) is 24.3 Å². The van der Waals surface area contributed by atoms with Crippen molar-refractivity contribution in [1.82, 2.24) is 9.80 Å². The van der Waals surface area contributed by atoms with E-state index in [0.717, 1.165) is 44.4 Å². The molecule has 1 atom stereocenters. The number of nitrogens with zero attached hydrogens (tertiary/aromatic N) is 2. The number of piperidine rings is 1. The molecule has 2 nitrogen and oxygen atoms in total. The largest absolute Gasteiger partial charge is 0.416 e. The molecular formula is C20H31F3N2S. The quantitative estimate of drug-likeness (QED) is 0.569. The van der Waals surface area contributed by atoms with Gasteiger partial charge in [0.1, 0.15) is 0 Å². The minimum absolute atomic E-state index is 0.543. The molecule has 0 saturated carbocycles. The van der Waals surface area contributed by atoms with Gasteiger partial charge in [-0.1, -0.05) is 18.2 Å². The molecule has 0 bridgehead atoms. The minimum Gasteiger partial charge on any atom is -0.306 e. The van der Waals surface area contributed by atoms with E-state index in [9.17, 15) is 13.2 Å². The molecule has 1 aromatic carbocycles. The van der Waals surface area contributed by atoms with E-state index >= 15 is 0 Å². The Morgan fingerprint density at radius 1 is 1.31 bits per heavy atom. The zero-order chi connectivity index (χ0) is 19.0. The van der Waals surface area contributed by atoms with E-state index in [1.54, 1.807) is 6.07 Å². The average molecular weight is 389 g/mol. The molecule has 1 aromatic rings. The molecule has 0 N–H and O–H groups in total. The van der Waals surface area contributed by atoms with E-state index in [4.69, 9.17) is 0 Å². The van der Waals surface area contributed by atoms with Crippen LogP contribution in [0.1, 0.15) is 30.4 Å². The van der Waals surface area contributed by atoms with Gasteiger partial charge in [-0.15, -0.1) is 0 Å². The third kappa shape index (κ3) is 7.49. The van der Waals surface area contributed by atoms with Crippen LogP contribution in [-0.2, 0) is 12.6 Å². The Labute approximate surface area is 160 Å². The van der Waals surface area contributed by atoms with Crippen molar-refractivity contribution in [3.8, 4) is 0 Å². The van der Waals surface area contributed by atoms with E-state index in [1.165, 1.54) is 37.1 Å². The van der Waals surface area contributed by atoms with Crippen molar-refractivity contribution in [2.75, 3.05) is 51.8 Å². The van der Waals surface area contributed by atoms with Crippen molar-refractivity contribution in [2.45, 2.75) is 31.9 Å². The monoisotopic (exact) mass is 388 g/mol. The molecule has 6 heteroatoms. The first-order chi connectivity index (χ1) is 12.4. The van der Waals surface area contributed by atoms with Gasteiger partial charge in [-0.3, -0.25) is 0 Å². The average Bonchev–Trinajstić information content (AvgIpc) is 2.60. The van der Waals surface area contributed by atoms with E-state index < -0.39 is 11.7 Å². The van der Waals surface area contributed by atoms with E-state index in [-0.39, 0.29) is 0 Å². The second kappa shape index (κ2) is 10.6. The van der Waals surface area contributed by atoms with Gasteiger partial charge in [0.15, 0.2) is 0 Å². The molecule has 1 fully saturated rings. The molecule has 0 amide bonds.